The van der Waals surface area contributed by atoms with Gasteiger partial charge in [-0.3, -0.25) is 19.2 Å². The Morgan fingerprint density at radius 2 is 0.833 bits per heavy atom. The number of benzene rings is 2. The number of hydrogen-bond donors (Lipinski definition) is 0. The Morgan fingerprint density at radius 1 is 0.500 bits per heavy atom. The van der Waals surface area contributed by atoms with Crippen LogP contribution in [0.2, 0.25) is 0 Å². The van der Waals surface area contributed by atoms with E-state index in [1.165, 1.54) is 38.5 Å². The van der Waals surface area contributed by atoms with E-state index in [4.69, 9.17) is 0 Å². The van der Waals surface area contributed by atoms with Crippen LogP contribution in [0, 0.1) is 0 Å². The monoisotopic (exact) mass is 568 g/mol. The van der Waals surface area contributed by atoms with Crippen molar-refractivity contribution >= 4 is 35.8 Å². The van der Waals surface area contributed by atoms with Crippen molar-refractivity contribution in [1.29, 1.82) is 0 Å². The van der Waals surface area contributed by atoms with Crippen LogP contribution in [0.3, 0.4) is 0 Å². The Labute approximate surface area is 250 Å². The predicted octanol–water partition coefficient (Wildman–Crippen LogP) is 7.84. The molecule has 2 aliphatic heterocycles. The van der Waals surface area contributed by atoms with E-state index in [1.54, 1.807) is 34.1 Å². The van der Waals surface area contributed by atoms with E-state index in [1.807, 2.05) is 24.3 Å². The molecule has 42 heavy (non-hydrogen) atoms. The Balaban J connectivity index is 1.74. The van der Waals surface area contributed by atoms with E-state index in [-0.39, 0.29) is 11.8 Å². The molecule has 0 radical (unpaired) electrons. The first kappa shape index (κ1) is 31.1. The number of nitrogens with zero attached hydrogens (tertiary/aromatic N) is 2. The molecule has 4 rings (SSSR count). The van der Waals surface area contributed by atoms with E-state index in [2.05, 4.69) is 13.8 Å². The van der Waals surface area contributed by atoms with Crippen LogP contribution >= 0.6 is 0 Å². The van der Waals surface area contributed by atoms with Gasteiger partial charge in [-0.25, -0.2) is 0 Å². The number of rotatable bonds is 18. The minimum Gasteiger partial charge on any atom is -0.307 e. The van der Waals surface area contributed by atoms with Gasteiger partial charge in [0.15, 0.2) is 0 Å². The van der Waals surface area contributed by atoms with E-state index in [0.717, 1.165) is 62.2 Å². The van der Waals surface area contributed by atoms with Gasteiger partial charge in [0, 0.05) is 24.2 Å². The number of aldehydes is 2. The summed E-state index contributed by atoms with van der Waals surface area (Å²) in [7, 11) is 0. The molecule has 0 aliphatic carbocycles. The minimum absolute atomic E-state index is 0.152. The lowest BCUT2D eigenvalue weighted by atomic mass is 10.0. The first-order valence-electron chi connectivity index (χ1n) is 15.8. The number of carbonyl (C=O) groups excluding carboxylic acids is 4. The molecule has 6 heteroatoms. The summed E-state index contributed by atoms with van der Waals surface area (Å²) in [6.07, 6.45) is 14.7. The van der Waals surface area contributed by atoms with Crippen LogP contribution in [0.1, 0.15) is 123 Å². The van der Waals surface area contributed by atoms with Gasteiger partial charge >= 0.3 is 0 Å². The molecule has 0 unspecified atom stereocenters. The molecule has 2 aromatic carbocycles. The summed E-state index contributed by atoms with van der Waals surface area (Å²) in [5.41, 5.74) is 4.79. The third-order valence-electron chi connectivity index (χ3n) is 8.29. The Morgan fingerprint density at radius 3 is 1.17 bits per heavy atom. The standard InChI is InChI=1S/C36H44N2O4/c1-3-5-7-9-11-13-23-37-33(29-19-15-27(25-39)16-20-29)31-32(35(37)41)34(30-21-17-28(26-40)18-22-30)38(36(31)42)24-14-12-10-8-6-4-2/h15-22,25-26H,3-14,23-24H2,1-2H3. The molecule has 0 saturated heterocycles. The van der Waals surface area contributed by atoms with Gasteiger partial charge in [0.2, 0.25) is 0 Å². The van der Waals surface area contributed by atoms with Crippen molar-refractivity contribution in [2.45, 2.75) is 90.9 Å². The highest BCUT2D eigenvalue weighted by Crippen LogP contribution is 2.46. The van der Waals surface area contributed by atoms with E-state index >= 15 is 0 Å². The van der Waals surface area contributed by atoms with E-state index in [9.17, 15) is 19.2 Å². The van der Waals surface area contributed by atoms with Crippen LogP contribution < -0.4 is 0 Å². The first-order valence-corrected chi connectivity index (χ1v) is 15.8. The molecule has 0 atom stereocenters. The lowest BCUT2D eigenvalue weighted by Crippen LogP contribution is -2.31. The average molecular weight is 569 g/mol. The maximum Gasteiger partial charge on any atom is 0.261 e. The number of carbonyl (C=O) groups is 4. The van der Waals surface area contributed by atoms with Crippen molar-refractivity contribution in [3.63, 3.8) is 0 Å². The van der Waals surface area contributed by atoms with Crippen LogP contribution in [0.15, 0.2) is 59.7 Å². The summed E-state index contributed by atoms with van der Waals surface area (Å²) in [6, 6.07) is 14.3. The van der Waals surface area contributed by atoms with Crippen molar-refractivity contribution in [3.8, 4) is 0 Å². The minimum atomic E-state index is -0.152. The molecule has 6 nitrogen and oxygen atoms in total. The zero-order valence-corrected chi connectivity index (χ0v) is 25.2. The molecule has 0 bridgehead atoms. The Hall–Kier alpha value is -3.80. The fourth-order valence-corrected chi connectivity index (χ4v) is 5.96. The largest absolute Gasteiger partial charge is 0.307 e. The smallest absolute Gasteiger partial charge is 0.261 e. The Kier molecular flexibility index (Phi) is 11.4. The molecule has 2 aliphatic rings. The molecular weight excluding hydrogens is 524 g/mol. The lowest BCUT2D eigenvalue weighted by molar-refractivity contribution is -0.124. The molecule has 0 N–H and O–H groups in total. The second-order valence-electron chi connectivity index (χ2n) is 11.4. The van der Waals surface area contributed by atoms with Crippen molar-refractivity contribution in [1.82, 2.24) is 9.80 Å². The number of fused-ring (bicyclic) bond motifs is 1. The highest BCUT2D eigenvalue weighted by atomic mass is 16.2. The summed E-state index contributed by atoms with van der Waals surface area (Å²) in [5, 5.41) is 0. The fourth-order valence-electron chi connectivity index (χ4n) is 5.96. The molecule has 0 aromatic heterocycles. The molecule has 2 aromatic rings. The molecule has 222 valence electrons. The van der Waals surface area contributed by atoms with Crippen LogP contribution in [0.5, 0.6) is 0 Å². The normalized spacial score (nSPS) is 14.8. The van der Waals surface area contributed by atoms with Gasteiger partial charge in [0.1, 0.15) is 12.6 Å². The second-order valence-corrected chi connectivity index (χ2v) is 11.4. The highest BCUT2D eigenvalue weighted by molar-refractivity contribution is 6.30. The van der Waals surface area contributed by atoms with Gasteiger partial charge in [-0.05, 0) is 24.0 Å². The molecular formula is C36H44N2O4. The van der Waals surface area contributed by atoms with Gasteiger partial charge in [-0.1, -0.05) is 127 Å². The van der Waals surface area contributed by atoms with E-state index in [0.29, 0.717) is 46.8 Å². The van der Waals surface area contributed by atoms with Crippen molar-refractivity contribution < 1.29 is 19.2 Å². The summed E-state index contributed by atoms with van der Waals surface area (Å²) in [5.74, 6) is -0.303. The SMILES string of the molecule is CCCCCCCCN1C(=O)C2=C(c3ccc(C=O)cc3)N(CCCCCCCC)C(=O)C2=C1c1ccc(C=O)cc1. The Bertz CT molecular complexity index is 1220. The van der Waals surface area contributed by atoms with Crippen LogP contribution in [-0.4, -0.2) is 47.3 Å². The van der Waals surface area contributed by atoms with Crippen molar-refractivity contribution in [3.05, 3.63) is 81.9 Å². The highest BCUT2D eigenvalue weighted by Gasteiger charge is 2.48. The maximum atomic E-state index is 14.2. The lowest BCUT2D eigenvalue weighted by Gasteiger charge is -2.25. The van der Waals surface area contributed by atoms with Gasteiger partial charge in [-0.2, -0.15) is 0 Å². The maximum absolute atomic E-state index is 14.2. The summed E-state index contributed by atoms with van der Waals surface area (Å²) in [6.45, 7) is 5.46. The predicted molar refractivity (Wildman–Crippen MR) is 168 cm³/mol. The number of unbranched alkanes of at least 4 members (excludes halogenated alkanes) is 10. The quantitative estimate of drug-likeness (QED) is 0.136. The zero-order chi connectivity index (χ0) is 29.9. The van der Waals surface area contributed by atoms with Gasteiger partial charge in [-0.15, -0.1) is 0 Å². The molecule has 0 spiro atoms. The summed E-state index contributed by atoms with van der Waals surface area (Å²) < 4.78 is 0. The third kappa shape index (κ3) is 6.97. The molecule has 0 saturated carbocycles. The van der Waals surface area contributed by atoms with Crippen LogP contribution in [0.25, 0.3) is 11.4 Å². The molecule has 0 fully saturated rings. The summed E-state index contributed by atoms with van der Waals surface area (Å²) in [4.78, 5) is 54.7. The second kappa shape index (κ2) is 15.4. The number of amides is 2. The third-order valence-corrected chi connectivity index (χ3v) is 8.29. The van der Waals surface area contributed by atoms with Crippen molar-refractivity contribution in [2.24, 2.45) is 0 Å². The average Bonchev–Trinajstić information content (AvgIpc) is 3.47. The summed E-state index contributed by atoms with van der Waals surface area (Å²) >= 11 is 0. The molecule has 2 amide bonds. The van der Waals surface area contributed by atoms with Crippen LogP contribution in [0.4, 0.5) is 0 Å². The molecule has 2 heterocycles. The van der Waals surface area contributed by atoms with Crippen molar-refractivity contribution in [2.75, 3.05) is 13.1 Å². The zero-order valence-electron chi connectivity index (χ0n) is 25.2. The topological polar surface area (TPSA) is 74.8 Å². The first-order chi connectivity index (χ1) is 20.5. The van der Waals surface area contributed by atoms with Gasteiger partial charge in [0.05, 0.1) is 22.5 Å². The number of hydrogen-bond acceptors (Lipinski definition) is 4. The van der Waals surface area contributed by atoms with Gasteiger partial charge < -0.3 is 9.80 Å². The van der Waals surface area contributed by atoms with E-state index < -0.39 is 0 Å². The van der Waals surface area contributed by atoms with Crippen LogP contribution in [-0.2, 0) is 9.59 Å². The van der Waals surface area contributed by atoms with Gasteiger partial charge in [0.25, 0.3) is 11.8 Å². The fraction of sp³-hybridized carbons (Fsp3) is 0.444.